The minimum Gasteiger partial charge on any atom is -0.425 e. The first-order valence-corrected chi connectivity index (χ1v) is 9.72. The van der Waals surface area contributed by atoms with Gasteiger partial charge in [0.1, 0.15) is 11.8 Å². The Morgan fingerprint density at radius 1 is 1.07 bits per heavy atom. The summed E-state index contributed by atoms with van der Waals surface area (Å²) in [5.41, 5.74) is 1.83. The zero-order chi connectivity index (χ0) is 19.0. The number of likely N-dealkylation sites (tertiary alicyclic amines) is 1. The maximum atomic E-state index is 13.1. The van der Waals surface area contributed by atoms with Crippen molar-refractivity contribution in [2.75, 3.05) is 0 Å². The molecular weight excluding hydrogens is 342 g/mol. The summed E-state index contributed by atoms with van der Waals surface area (Å²) in [5, 5.41) is 0. The van der Waals surface area contributed by atoms with Gasteiger partial charge in [-0.3, -0.25) is 14.5 Å². The first-order valence-electron chi connectivity index (χ1n) is 9.72. The quantitative estimate of drug-likeness (QED) is 0.358. The molecule has 2 saturated carbocycles. The van der Waals surface area contributed by atoms with Gasteiger partial charge < -0.3 is 4.74 Å². The molecule has 1 heterocycles. The lowest BCUT2D eigenvalue weighted by Gasteiger charge is -2.37. The first-order chi connectivity index (χ1) is 12.9. The molecule has 1 aliphatic heterocycles. The lowest BCUT2D eigenvalue weighted by molar-refractivity contribution is -0.152. The topological polar surface area (TPSA) is 63.7 Å². The van der Waals surface area contributed by atoms with Gasteiger partial charge in [-0.05, 0) is 68.1 Å². The molecule has 1 aromatic carbocycles. The molecule has 4 aliphatic carbocycles. The van der Waals surface area contributed by atoms with Crippen LogP contribution in [-0.2, 0) is 14.4 Å². The van der Waals surface area contributed by atoms with Crippen molar-refractivity contribution in [3.8, 4) is 5.75 Å². The summed E-state index contributed by atoms with van der Waals surface area (Å²) in [6.07, 6.45) is 5.39. The number of esters is 1. The zero-order valence-electron chi connectivity index (χ0n) is 15.7. The van der Waals surface area contributed by atoms with Crippen LogP contribution in [0.1, 0.15) is 24.5 Å². The largest absolute Gasteiger partial charge is 0.425 e. The number of benzene rings is 1. The second kappa shape index (κ2) is 5.54. The third-order valence-electron chi connectivity index (χ3n) is 6.98. The van der Waals surface area contributed by atoms with Crippen LogP contribution in [0.3, 0.4) is 0 Å². The Hall–Kier alpha value is -2.43. The number of imide groups is 1. The fourth-order valence-corrected chi connectivity index (χ4v) is 5.48. The zero-order valence-corrected chi connectivity index (χ0v) is 15.7. The molecule has 5 heteroatoms. The van der Waals surface area contributed by atoms with Crippen LogP contribution in [0.2, 0.25) is 0 Å². The molecule has 3 fully saturated rings. The third kappa shape index (κ3) is 2.27. The number of allylic oxidation sites excluding steroid dienone is 2. The Morgan fingerprint density at radius 3 is 2.26 bits per heavy atom. The van der Waals surface area contributed by atoms with Gasteiger partial charge in [0, 0.05) is 0 Å². The van der Waals surface area contributed by atoms with Gasteiger partial charge in [-0.25, -0.2) is 4.79 Å². The van der Waals surface area contributed by atoms with E-state index in [-0.39, 0.29) is 35.5 Å². The van der Waals surface area contributed by atoms with Crippen LogP contribution in [0.5, 0.6) is 5.75 Å². The van der Waals surface area contributed by atoms with Crippen LogP contribution in [0.25, 0.3) is 0 Å². The summed E-state index contributed by atoms with van der Waals surface area (Å²) in [5.74, 6) is 0.383. The van der Waals surface area contributed by atoms with Crippen LogP contribution in [0.15, 0.2) is 30.4 Å². The van der Waals surface area contributed by atoms with Gasteiger partial charge in [-0.1, -0.05) is 24.3 Å². The Morgan fingerprint density at radius 2 is 1.67 bits per heavy atom. The lowest BCUT2D eigenvalue weighted by atomic mass is 9.63. The summed E-state index contributed by atoms with van der Waals surface area (Å²) in [6.45, 7) is 5.38. The van der Waals surface area contributed by atoms with E-state index in [1.165, 1.54) is 4.90 Å². The SMILES string of the molecule is Cc1ccc(C)c(OC(=O)[C@H](C)N2C(=O)[C@@H]3[C@@H]4C=C[C@H]([C@H]5C[C@H]45)[C@@H]3C2=O)c1. The number of carbonyl (C=O) groups excluding carboxylic acids is 3. The summed E-state index contributed by atoms with van der Waals surface area (Å²) in [6, 6.07) is 4.72. The summed E-state index contributed by atoms with van der Waals surface area (Å²) in [7, 11) is 0. The Labute approximate surface area is 158 Å². The molecule has 5 aliphatic rings. The van der Waals surface area contributed by atoms with Crippen LogP contribution in [0.4, 0.5) is 0 Å². The minimum atomic E-state index is -0.911. The molecule has 27 heavy (non-hydrogen) atoms. The molecule has 5 nitrogen and oxygen atoms in total. The Kier molecular flexibility index (Phi) is 3.43. The maximum absolute atomic E-state index is 13.1. The second-order valence-electron chi connectivity index (χ2n) is 8.57. The normalized spacial score (nSPS) is 36.5. The van der Waals surface area contributed by atoms with Gasteiger partial charge in [0.2, 0.25) is 11.8 Å². The van der Waals surface area contributed by atoms with E-state index in [1.54, 1.807) is 13.0 Å². The van der Waals surface area contributed by atoms with E-state index in [0.29, 0.717) is 17.6 Å². The molecule has 6 rings (SSSR count). The highest BCUT2D eigenvalue weighted by Gasteiger charge is 2.67. The van der Waals surface area contributed by atoms with Crippen LogP contribution >= 0.6 is 0 Å². The van der Waals surface area contributed by atoms with E-state index in [0.717, 1.165) is 17.5 Å². The molecule has 2 amide bonds. The molecule has 0 spiro atoms. The van der Waals surface area contributed by atoms with Crippen molar-refractivity contribution in [3.63, 3.8) is 0 Å². The van der Waals surface area contributed by atoms with E-state index in [4.69, 9.17) is 4.74 Å². The minimum absolute atomic E-state index is 0.161. The molecule has 1 saturated heterocycles. The van der Waals surface area contributed by atoms with Gasteiger partial charge in [0.25, 0.3) is 0 Å². The molecule has 140 valence electrons. The van der Waals surface area contributed by atoms with E-state index in [2.05, 4.69) is 12.2 Å². The fraction of sp³-hybridized carbons (Fsp3) is 0.500. The Balaban J connectivity index is 1.39. The number of hydrogen-bond acceptors (Lipinski definition) is 4. The predicted molar refractivity (Wildman–Crippen MR) is 97.6 cm³/mol. The standard InChI is InChI=1S/C22H23NO4/c1-10-4-5-11(2)17(8-10)27-22(26)12(3)23-20(24)18-13-6-7-14(16-9-15(13)16)19(18)21(23)25/h4-8,12-16,18-19H,9H2,1-3H3/t12-,13+,14+,15+,16+,18-,19+/m0/s1. The van der Waals surface area contributed by atoms with Crippen molar-refractivity contribution in [3.05, 3.63) is 41.5 Å². The molecule has 0 N–H and O–H groups in total. The van der Waals surface area contributed by atoms with Crippen LogP contribution in [0, 0.1) is 49.4 Å². The highest BCUT2D eigenvalue weighted by Crippen LogP contribution is 2.65. The number of ether oxygens (including phenoxy) is 1. The maximum Gasteiger partial charge on any atom is 0.334 e. The van der Waals surface area contributed by atoms with Gasteiger partial charge >= 0.3 is 5.97 Å². The van der Waals surface area contributed by atoms with Crippen molar-refractivity contribution < 1.29 is 19.1 Å². The highest BCUT2D eigenvalue weighted by molar-refractivity contribution is 6.08. The van der Waals surface area contributed by atoms with Gasteiger partial charge in [0.15, 0.2) is 0 Å². The fourth-order valence-electron chi connectivity index (χ4n) is 5.48. The van der Waals surface area contributed by atoms with Crippen molar-refractivity contribution >= 4 is 17.8 Å². The molecule has 0 aromatic heterocycles. The average Bonchev–Trinajstić information content (AvgIpc) is 3.42. The predicted octanol–water partition coefficient (Wildman–Crippen LogP) is 2.65. The van der Waals surface area contributed by atoms with Crippen LogP contribution in [-0.4, -0.2) is 28.7 Å². The monoisotopic (exact) mass is 365 g/mol. The average molecular weight is 365 g/mol. The van der Waals surface area contributed by atoms with Crippen molar-refractivity contribution in [2.24, 2.45) is 35.5 Å². The molecule has 7 atom stereocenters. The summed E-state index contributed by atoms with van der Waals surface area (Å²) >= 11 is 0. The highest BCUT2D eigenvalue weighted by atomic mass is 16.5. The van der Waals surface area contributed by atoms with Crippen molar-refractivity contribution in [1.29, 1.82) is 0 Å². The third-order valence-corrected chi connectivity index (χ3v) is 6.98. The molecule has 0 radical (unpaired) electrons. The number of rotatable bonds is 3. The van der Waals surface area contributed by atoms with E-state index in [9.17, 15) is 14.4 Å². The number of aryl methyl sites for hydroxylation is 2. The molecule has 0 unspecified atom stereocenters. The number of hydrogen-bond donors (Lipinski definition) is 0. The first kappa shape index (κ1) is 16.7. The van der Waals surface area contributed by atoms with Crippen molar-refractivity contribution in [1.82, 2.24) is 4.90 Å². The molecular formula is C22H23NO4. The van der Waals surface area contributed by atoms with E-state index < -0.39 is 12.0 Å². The smallest absolute Gasteiger partial charge is 0.334 e. The number of amides is 2. The second-order valence-corrected chi connectivity index (χ2v) is 8.57. The lowest BCUT2D eigenvalue weighted by Crippen LogP contribution is -2.45. The molecule has 2 bridgehead atoms. The van der Waals surface area contributed by atoms with Crippen LogP contribution < -0.4 is 4.74 Å². The van der Waals surface area contributed by atoms with E-state index in [1.807, 2.05) is 26.0 Å². The van der Waals surface area contributed by atoms with Gasteiger partial charge in [-0.15, -0.1) is 0 Å². The van der Waals surface area contributed by atoms with Gasteiger partial charge in [0.05, 0.1) is 11.8 Å². The summed E-state index contributed by atoms with van der Waals surface area (Å²) in [4.78, 5) is 40.1. The summed E-state index contributed by atoms with van der Waals surface area (Å²) < 4.78 is 5.55. The molecule has 1 aromatic rings. The number of nitrogens with zero attached hydrogens (tertiary/aromatic N) is 1. The Bertz CT molecular complexity index is 868. The number of carbonyl (C=O) groups is 3. The van der Waals surface area contributed by atoms with Gasteiger partial charge in [-0.2, -0.15) is 0 Å². The van der Waals surface area contributed by atoms with Crippen molar-refractivity contribution in [2.45, 2.75) is 33.2 Å². The van der Waals surface area contributed by atoms with E-state index >= 15 is 0 Å².